The molecule has 0 saturated carbocycles. The molecule has 0 fully saturated rings. The molecule has 2 amide bonds. The maximum Gasteiger partial charge on any atom is 0.340 e. The van der Waals surface area contributed by atoms with E-state index in [0.29, 0.717) is 22.7 Å². The molecule has 0 aromatic carbocycles. The zero-order valence-electron chi connectivity index (χ0n) is 18.5. The van der Waals surface area contributed by atoms with Crippen LogP contribution in [0.2, 0.25) is 0 Å². The number of nitrogens with zero attached hydrogens (tertiary/aromatic N) is 3. The molecule has 3 aromatic rings. The minimum absolute atomic E-state index is 0.0608. The fraction of sp³-hybridized carbons (Fsp3) is 0.273. The van der Waals surface area contributed by atoms with E-state index in [2.05, 4.69) is 25.6 Å². The number of amides is 2. The highest BCUT2D eigenvalue weighted by molar-refractivity contribution is 7.13. The van der Waals surface area contributed by atoms with E-state index in [-0.39, 0.29) is 27.9 Å². The molecule has 3 heterocycles. The van der Waals surface area contributed by atoms with Crippen LogP contribution >= 0.6 is 11.3 Å². The van der Waals surface area contributed by atoms with Crippen molar-refractivity contribution in [2.75, 3.05) is 11.9 Å². The van der Waals surface area contributed by atoms with Crippen LogP contribution in [-0.2, 0) is 5.41 Å². The van der Waals surface area contributed by atoms with Crippen LogP contribution in [0.25, 0.3) is 21.7 Å². The van der Waals surface area contributed by atoms with Crippen molar-refractivity contribution in [3.05, 3.63) is 46.9 Å². The van der Waals surface area contributed by atoms with Crippen molar-refractivity contribution in [2.24, 2.45) is 0 Å². The highest BCUT2D eigenvalue weighted by Crippen LogP contribution is 2.40. The van der Waals surface area contributed by atoms with Gasteiger partial charge in [-0.25, -0.2) is 24.4 Å². The molecule has 172 valence electrons. The number of urea groups is 1. The second kappa shape index (κ2) is 9.33. The van der Waals surface area contributed by atoms with Crippen molar-refractivity contribution in [2.45, 2.75) is 33.1 Å². The zero-order valence-corrected chi connectivity index (χ0v) is 19.3. The van der Waals surface area contributed by atoms with E-state index in [1.807, 2.05) is 26.2 Å². The summed E-state index contributed by atoms with van der Waals surface area (Å²) < 4.78 is 0. The number of carbonyl (C=O) groups excluding carboxylic acids is 1. The lowest BCUT2D eigenvalue weighted by molar-refractivity contribution is 0.0686. The molecule has 10 nitrogen and oxygen atoms in total. The van der Waals surface area contributed by atoms with E-state index < -0.39 is 18.0 Å². The Morgan fingerprint density at radius 2 is 1.82 bits per heavy atom. The molecule has 0 radical (unpaired) electrons. The van der Waals surface area contributed by atoms with Crippen molar-refractivity contribution >= 4 is 35.1 Å². The van der Waals surface area contributed by atoms with Gasteiger partial charge in [-0.05, 0) is 13.0 Å². The van der Waals surface area contributed by atoms with Crippen molar-refractivity contribution in [1.29, 1.82) is 0 Å². The van der Waals surface area contributed by atoms with Gasteiger partial charge in [-0.2, -0.15) is 0 Å². The lowest BCUT2D eigenvalue weighted by Gasteiger charge is -2.16. The van der Waals surface area contributed by atoms with E-state index in [9.17, 15) is 24.6 Å². The molecule has 33 heavy (non-hydrogen) atoms. The fourth-order valence-electron chi connectivity index (χ4n) is 3.00. The molecule has 0 aliphatic heterocycles. The summed E-state index contributed by atoms with van der Waals surface area (Å²) in [5, 5.41) is 26.7. The lowest BCUT2D eigenvalue weighted by atomic mass is 9.93. The number of rotatable bonds is 6. The Balaban J connectivity index is 2.32. The number of carbonyl (C=O) groups is 3. The van der Waals surface area contributed by atoms with Crippen LogP contribution in [-0.4, -0.2) is 49.7 Å². The molecule has 0 atom stereocenters. The van der Waals surface area contributed by atoms with Gasteiger partial charge in [-0.1, -0.05) is 20.8 Å². The molecule has 4 N–H and O–H groups in total. The number of thiazole rings is 1. The first-order valence-corrected chi connectivity index (χ1v) is 10.9. The standard InChI is InChI=1S/C22H23N5O5S/c1-5-24-21(32)27-17-16(20(30)31)15(18-26-14(10-33-18)22(2,3)4)13(9-25-17)11-6-12(19(28)29)8-23-7-11/h6-10H,5H2,1-4H3,(H,28,29)(H,30,31)(H2,24,25,27,32). The van der Waals surface area contributed by atoms with Gasteiger partial charge >= 0.3 is 18.0 Å². The van der Waals surface area contributed by atoms with Gasteiger partial charge in [0.25, 0.3) is 0 Å². The monoisotopic (exact) mass is 469 g/mol. The van der Waals surface area contributed by atoms with E-state index in [1.165, 1.54) is 36.0 Å². The summed E-state index contributed by atoms with van der Waals surface area (Å²) in [5.41, 5.74) is 1.07. The second-order valence-electron chi connectivity index (χ2n) is 8.12. The summed E-state index contributed by atoms with van der Waals surface area (Å²) in [6.45, 7) is 8.03. The average molecular weight is 470 g/mol. The van der Waals surface area contributed by atoms with E-state index >= 15 is 0 Å². The highest BCUT2D eigenvalue weighted by Gasteiger charge is 2.27. The lowest BCUT2D eigenvalue weighted by Crippen LogP contribution is -2.29. The predicted molar refractivity (Wildman–Crippen MR) is 124 cm³/mol. The Bertz CT molecular complexity index is 1230. The Morgan fingerprint density at radius 3 is 2.39 bits per heavy atom. The summed E-state index contributed by atoms with van der Waals surface area (Å²) in [4.78, 5) is 48.7. The average Bonchev–Trinajstić information content (AvgIpc) is 3.24. The first-order chi connectivity index (χ1) is 15.5. The Morgan fingerprint density at radius 1 is 1.09 bits per heavy atom. The summed E-state index contributed by atoms with van der Waals surface area (Å²) in [6, 6.07) is 0.784. The molecule has 11 heteroatoms. The number of pyridine rings is 2. The number of aromatic carboxylic acids is 2. The van der Waals surface area contributed by atoms with Crippen LogP contribution < -0.4 is 10.6 Å². The quantitative estimate of drug-likeness (QED) is 0.421. The zero-order chi connectivity index (χ0) is 24.3. The molecule has 0 aliphatic rings. The molecule has 0 aliphatic carbocycles. The van der Waals surface area contributed by atoms with Crippen LogP contribution in [0, 0.1) is 0 Å². The van der Waals surface area contributed by atoms with Gasteiger partial charge in [0.05, 0.1) is 11.3 Å². The number of hydrogen-bond donors (Lipinski definition) is 4. The fourth-order valence-corrected chi connectivity index (χ4v) is 4.12. The molecule has 3 aromatic heterocycles. The summed E-state index contributed by atoms with van der Waals surface area (Å²) in [6.07, 6.45) is 4.00. The Hall–Kier alpha value is -3.86. The van der Waals surface area contributed by atoms with Crippen molar-refractivity contribution in [1.82, 2.24) is 20.3 Å². The largest absolute Gasteiger partial charge is 0.478 e. The van der Waals surface area contributed by atoms with Crippen molar-refractivity contribution in [3.63, 3.8) is 0 Å². The first kappa shape index (κ1) is 23.8. The van der Waals surface area contributed by atoms with E-state index in [1.54, 1.807) is 6.92 Å². The van der Waals surface area contributed by atoms with Crippen LogP contribution in [0.3, 0.4) is 0 Å². The summed E-state index contributed by atoms with van der Waals surface area (Å²) in [5.74, 6) is -2.64. The third-order valence-corrected chi connectivity index (χ3v) is 5.50. The van der Waals surface area contributed by atoms with Crippen molar-refractivity contribution < 1.29 is 24.6 Å². The molecule has 0 bridgehead atoms. The molecule has 0 saturated heterocycles. The van der Waals surface area contributed by atoms with E-state index in [4.69, 9.17) is 0 Å². The summed E-state index contributed by atoms with van der Waals surface area (Å²) >= 11 is 1.25. The number of carboxylic acids is 2. The second-order valence-corrected chi connectivity index (χ2v) is 8.97. The molecular weight excluding hydrogens is 446 g/mol. The van der Waals surface area contributed by atoms with E-state index in [0.717, 1.165) is 5.69 Å². The molecule has 0 spiro atoms. The minimum Gasteiger partial charge on any atom is -0.478 e. The Kier molecular flexibility index (Phi) is 6.73. The van der Waals surface area contributed by atoms with Gasteiger partial charge in [-0.3, -0.25) is 10.3 Å². The van der Waals surface area contributed by atoms with Gasteiger partial charge in [0.15, 0.2) is 0 Å². The topological polar surface area (TPSA) is 154 Å². The maximum atomic E-state index is 12.4. The third-order valence-electron chi connectivity index (χ3n) is 4.64. The van der Waals surface area contributed by atoms with Crippen molar-refractivity contribution in [3.8, 4) is 21.7 Å². The number of anilines is 1. The minimum atomic E-state index is -1.32. The van der Waals surface area contributed by atoms with Crippen LogP contribution in [0.5, 0.6) is 0 Å². The van der Waals surface area contributed by atoms with Gasteiger partial charge in [0, 0.05) is 52.6 Å². The number of aromatic nitrogens is 3. The number of hydrogen-bond acceptors (Lipinski definition) is 7. The van der Waals surface area contributed by atoms with Crippen LogP contribution in [0.15, 0.2) is 30.0 Å². The number of nitrogens with one attached hydrogen (secondary N) is 2. The predicted octanol–water partition coefficient (Wildman–Crippen LogP) is 4.10. The molecular formula is C22H23N5O5S. The molecule has 3 rings (SSSR count). The van der Waals surface area contributed by atoms with Gasteiger partial charge in [0.2, 0.25) is 0 Å². The SMILES string of the molecule is CCNC(=O)Nc1ncc(-c2cncc(C(=O)O)c2)c(-c2nc(C(C)(C)C)cs2)c1C(=O)O. The Labute approximate surface area is 193 Å². The third kappa shape index (κ3) is 5.14. The normalized spacial score (nSPS) is 11.2. The highest BCUT2D eigenvalue weighted by atomic mass is 32.1. The van der Waals surface area contributed by atoms with Gasteiger partial charge in [-0.15, -0.1) is 11.3 Å². The first-order valence-electron chi connectivity index (χ1n) is 9.99. The molecule has 0 unspecified atom stereocenters. The van der Waals surface area contributed by atoms with Gasteiger partial charge < -0.3 is 15.5 Å². The van der Waals surface area contributed by atoms with Crippen LogP contribution in [0.1, 0.15) is 54.1 Å². The number of carboxylic acid groups (broad SMARTS) is 2. The summed E-state index contributed by atoms with van der Waals surface area (Å²) in [7, 11) is 0. The smallest absolute Gasteiger partial charge is 0.340 e. The van der Waals surface area contributed by atoms with Crippen LogP contribution in [0.4, 0.5) is 10.6 Å². The van der Waals surface area contributed by atoms with Gasteiger partial charge in [0.1, 0.15) is 16.4 Å². The maximum absolute atomic E-state index is 12.4.